The fourth-order valence-electron chi connectivity index (χ4n) is 3.54. The molecule has 28 heavy (non-hydrogen) atoms. The zero-order valence-electron chi connectivity index (χ0n) is 16.8. The molecule has 3 nitrogen and oxygen atoms in total. The van der Waals surface area contributed by atoms with Crippen molar-refractivity contribution in [3.63, 3.8) is 0 Å². The Morgan fingerprint density at radius 2 is 1.75 bits per heavy atom. The number of benzene rings is 2. The number of carboxylic acids is 1. The lowest BCUT2D eigenvalue weighted by atomic mass is 10.1. The van der Waals surface area contributed by atoms with E-state index < -0.39 is 5.97 Å². The molecule has 0 aliphatic rings. The number of nitrogens with zero attached hydrogens (tertiary/aromatic N) is 1. The van der Waals surface area contributed by atoms with Gasteiger partial charge in [0, 0.05) is 29.1 Å². The molecule has 0 radical (unpaired) electrons. The van der Waals surface area contributed by atoms with Crippen molar-refractivity contribution in [3.8, 4) is 16.8 Å². The number of hydrogen-bond acceptors (Lipinski definition) is 1. The summed E-state index contributed by atoms with van der Waals surface area (Å²) in [4.78, 5) is 10.7. The van der Waals surface area contributed by atoms with Gasteiger partial charge in [-0.05, 0) is 68.5 Å². The van der Waals surface area contributed by atoms with Gasteiger partial charge in [-0.3, -0.25) is 4.79 Å². The molecule has 3 aromatic rings. The molecule has 1 aromatic heterocycles. The second kappa shape index (κ2) is 8.75. The summed E-state index contributed by atoms with van der Waals surface area (Å²) in [6, 6.07) is 21.2. The summed E-state index contributed by atoms with van der Waals surface area (Å²) >= 11 is 0. The first-order chi connectivity index (χ1) is 13.5. The highest BCUT2D eigenvalue weighted by molar-refractivity contribution is 5.75. The second-order valence-electron chi connectivity index (χ2n) is 7.12. The number of hydrogen-bond donors (Lipinski definition) is 1. The van der Waals surface area contributed by atoms with Crippen LogP contribution >= 0.6 is 0 Å². The molecule has 0 unspecified atom stereocenters. The van der Waals surface area contributed by atoms with Crippen molar-refractivity contribution in [1.29, 1.82) is 0 Å². The molecule has 0 bridgehead atoms. The summed E-state index contributed by atoms with van der Waals surface area (Å²) in [6.45, 7) is 6.37. The van der Waals surface area contributed by atoms with Gasteiger partial charge < -0.3 is 9.67 Å². The SMILES string of the molecule is C/C=C(\C)c1cc(-c2ccccc2)c(C)n1-c1ccc(CCCC(=O)O)cc1. The summed E-state index contributed by atoms with van der Waals surface area (Å²) in [6.07, 6.45) is 3.80. The maximum atomic E-state index is 10.7. The molecule has 0 atom stereocenters. The molecule has 3 heteroatoms. The van der Waals surface area contributed by atoms with Crippen LogP contribution in [0.25, 0.3) is 22.4 Å². The van der Waals surface area contributed by atoms with Gasteiger partial charge in [-0.15, -0.1) is 0 Å². The molecule has 2 aromatic carbocycles. The van der Waals surface area contributed by atoms with Gasteiger partial charge in [-0.2, -0.15) is 0 Å². The van der Waals surface area contributed by atoms with E-state index in [0.29, 0.717) is 6.42 Å². The highest BCUT2D eigenvalue weighted by Gasteiger charge is 2.15. The lowest BCUT2D eigenvalue weighted by Gasteiger charge is -2.13. The van der Waals surface area contributed by atoms with Gasteiger partial charge in [0.15, 0.2) is 0 Å². The van der Waals surface area contributed by atoms with Crippen molar-refractivity contribution in [1.82, 2.24) is 4.57 Å². The Hall–Kier alpha value is -3.07. The van der Waals surface area contributed by atoms with E-state index in [4.69, 9.17) is 5.11 Å². The monoisotopic (exact) mass is 373 g/mol. The Morgan fingerprint density at radius 1 is 1.07 bits per heavy atom. The molecule has 0 amide bonds. The van der Waals surface area contributed by atoms with Crippen molar-refractivity contribution >= 4 is 11.5 Å². The van der Waals surface area contributed by atoms with Gasteiger partial charge in [-0.25, -0.2) is 0 Å². The number of aromatic nitrogens is 1. The van der Waals surface area contributed by atoms with E-state index >= 15 is 0 Å². The molecule has 0 saturated carbocycles. The minimum Gasteiger partial charge on any atom is -0.481 e. The van der Waals surface area contributed by atoms with Crippen molar-refractivity contribution in [3.05, 3.63) is 83.7 Å². The topological polar surface area (TPSA) is 42.2 Å². The average Bonchev–Trinajstić information content (AvgIpc) is 3.05. The lowest BCUT2D eigenvalue weighted by Crippen LogP contribution is -2.01. The minimum absolute atomic E-state index is 0.212. The second-order valence-corrected chi connectivity index (χ2v) is 7.12. The zero-order chi connectivity index (χ0) is 20.1. The van der Waals surface area contributed by atoms with Crippen molar-refractivity contribution in [2.75, 3.05) is 0 Å². The fourth-order valence-corrected chi connectivity index (χ4v) is 3.54. The molecular formula is C25H27NO2. The summed E-state index contributed by atoms with van der Waals surface area (Å²) in [5.41, 5.74) is 8.38. The Morgan fingerprint density at radius 3 is 2.36 bits per heavy atom. The van der Waals surface area contributed by atoms with Gasteiger partial charge in [0.05, 0.1) is 0 Å². The first kappa shape index (κ1) is 19.7. The van der Waals surface area contributed by atoms with E-state index in [2.05, 4.69) is 86.0 Å². The molecule has 144 valence electrons. The van der Waals surface area contributed by atoms with Crippen LogP contribution in [-0.4, -0.2) is 15.6 Å². The predicted octanol–water partition coefficient (Wildman–Crippen LogP) is 6.28. The summed E-state index contributed by atoms with van der Waals surface area (Å²) in [5, 5.41) is 8.81. The minimum atomic E-state index is -0.737. The van der Waals surface area contributed by atoms with Gasteiger partial charge in [0.1, 0.15) is 0 Å². The molecule has 0 spiro atoms. The number of aryl methyl sites for hydroxylation is 1. The number of carboxylic acid groups (broad SMARTS) is 1. The van der Waals surface area contributed by atoms with E-state index in [0.717, 1.165) is 12.1 Å². The molecule has 1 heterocycles. The van der Waals surface area contributed by atoms with Gasteiger partial charge in [0.2, 0.25) is 0 Å². The molecule has 0 aliphatic carbocycles. The third-order valence-corrected chi connectivity index (χ3v) is 5.22. The Bertz CT molecular complexity index is 979. The zero-order valence-corrected chi connectivity index (χ0v) is 16.8. The maximum Gasteiger partial charge on any atom is 0.303 e. The largest absolute Gasteiger partial charge is 0.481 e. The first-order valence-electron chi connectivity index (χ1n) is 9.73. The van der Waals surface area contributed by atoms with E-state index in [1.165, 1.54) is 33.7 Å². The average molecular weight is 373 g/mol. The highest BCUT2D eigenvalue weighted by atomic mass is 16.4. The van der Waals surface area contributed by atoms with E-state index in [9.17, 15) is 4.79 Å². The predicted molar refractivity (Wildman–Crippen MR) is 116 cm³/mol. The number of aliphatic carboxylic acids is 1. The molecule has 3 rings (SSSR count). The Balaban J connectivity index is 1.98. The highest BCUT2D eigenvalue weighted by Crippen LogP contribution is 2.32. The Kier molecular flexibility index (Phi) is 6.15. The first-order valence-corrected chi connectivity index (χ1v) is 9.73. The van der Waals surface area contributed by atoms with Crippen LogP contribution < -0.4 is 0 Å². The third-order valence-electron chi connectivity index (χ3n) is 5.22. The van der Waals surface area contributed by atoms with E-state index in [1.54, 1.807) is 0 Å². The number of carbonyl (C=O) groups is 1. The smallest absolute Gasteiger partial charge is 0.303 e. The van der Waals surface area contributed by atoms with Gasteiger partial charge >= 0.3 is 5.97 Å². The van der Waals surface area contributed by atoms with Crippen LogP contribution in [0.1, 0.15) is 43.6 Å². The lowest BCUT2D eigenvalue weighted by molar-refractivity contribution is -0.137. The van der Waals surface area contributed by atoms with Crippen LogP contribution in [0.2, 0.25) is 0 Å². The molecule has 0 fully saturated rings. The third kappa shape index (κ3) is 4.25. The fraction of sp³-hybridized carbons (Fsp3) is 0.240. The normalized spacial score (nSPS) is 11.6. The number of allylic oxidation sites excluding steroid dienone is 2. The quantitative estimate of drug-likeness (QED) is 0.529. The van der Waals surface area contributed by atoms with Crippen molar-refractivity contribution in [2.24, 2.45) is 0 Å². The number of rotatable bonds is 7. The molecular weight excluding hydrogens is 346 g/mol. The van der Waals surface area contributed by atoms with Crippen LogP contribution in [0, 0.1) is 6.92 Å². The summed E-state index contributed by atoms with van der Waals surface area (Å²) in [5.74, 6) is -0.737. The summed E-state index contributed by atoms with van der Waals surface area (Å²) in [7, 11) is 0. The van der Waals surface area contributed by atoms with Gasteiger partial charge in [0.25, 0.3) is 0 Å². The van der Waals surface area contributed by atoms with Crippen LogP contribution in [0.5, 0.6) is 0 Å². The van der Waals surface area contributed by atoms with Gasteiger partial charge in [-0.1, -0.05) is 48.5 Å². The van der Waals surface area contributed by atoms with E-state index in [1.807, 2.05) is 6.07 Å². The summed E-state index contributed by atoms with van der Waals surface area (Å²) < 4.78 is 2.30. The Labute approximate surface area is 167 Å². The van der Waals surface area contributed by atoms with Crippen LogP contribution in [0.3, 0.4) is 0 Å². The maximum absolute atomic E-state index is 10.7. The molecule has 1 N–H and O–H groups in total. The van der Waals surface area contributed by atoms with Crippen LogP contribution in [-0.2, 0) is 11.2 Å². The molecule has 0 saturated heterocycles. The molecule has 0 aliphatic heterocycles. The van der Waals surface area contributed by atoms with Crippen LogP contribution in [0.15, 0.2) is 66.7 Å². The standard InChI is InChI=1S/C25H27NO2/c1-4-18(2)24-17-23(21-10-6-5-7-11-21)19(3)26(24)22-15-13-20(14-16-22)9-8-12-25(27)28/h4-7,10-11,13-17H,8-9,12H2,1-3H3,(H,27,28)/b18-4+. The van der Waals surface area contributed by atoms with Crippen LogP contribution in [0.4, 0.5) is 0 Å². The van der Waals surface area contributed by atoms with Crippen molar-refractivity contribution in [2.45, 2.75) is 40.0 Å². The van der Waals surface area contributed by atoms with E-state index in [-0.39, 0.29) is 6.42 Å². The van der Waals surface area contributed by atoms with Crippen molar-refractivity contribution < 1.29 is 9.90 Å².